The fraction of sp³-hybridized carbons (Fsp3) is 0.238. The van der Waals surface area contributed by atoms with Gasteiger partial charge in [0.05, 0.1) is 22.7 Å². The van der Waals surface area contributed by atoms with Crippen molar-refractivity contribution in [2.75, 3.05) is 0 Å². The molecule has 0 bridgehead atoms. The van der Waals surface area contributed by atoms with Crippen molar-refractivity contribution in [3.63, 3.8) is 0 Å². The number of benzene rings is 2. The Labute approximate surface area is 166 Å². The Balaban J connectivity index is 1.78. The lowest BCUT2D eigenvalue weighted by atomic mass is 10.1. The lowest BCUT2D eigenvalue weighted by Crippen LogP contribution is -2.24. The summed E-state index contributed by atoms with van der Waals surface area (Å²) < 4.78 is 7.01. The molecule has 2 aromatic carbocycles. The SMILES string of the molecule is Cc1ccc(Cn2c(SC(C)c3nc(C)no3)nc3ccccc3c2=O)cc1. The maximum absolute atomic E-state index is 13.2. The van der Waals surface area contributed by atoms with Crippen LogP contribution in [0.4, 0.5) is 0 Å². The third-order valence-corrected chi connectivity index (χ3v) is 5.54. The van der Waals surface area contributed by atoms with Gasteiger partial charge in [0.25, 0.3) is 5.56 Å². The molecule has 0 spiro atoms. The highest BCUT2D eigenvalue weighted by molar-refractivity contribution is 7.99. The second kappa shape index (κ2) is 7.59. The van der Waals surface area contributed by atoms with Crippen LogP contribution in [0, 0.1) is 13.8 Å². The summed E-state index contributed by atoms with van der Waals surface area (Å²) in [5, 5.41) is 4.97. The van der Waals surface area contributed by atoms with Crippen LogP contribution in [0.1, 0.15) is 35.0 Å². The van der Waals surface area contributed by atoms with Crippen molar-refractivity contribution < 1.29 is 4.52 Å². The number of nitrogens with zero attached hydrogens (tertiary/aromatic N) is 4. The third-order valence-electron chi connectivity index (χ3n) is 4.46. The number of aryl methyl sites for hydroxylation is 2. The lowest BCUT2D eigenvalue weighted by molar-refractivity contribution is 0.376. The van der Waals surface area contributed by atoms with Crippen molar-refractivity contribution in [3.8, 4) is 0 Å². The van der Waals surface area contributed by atoms with Crippen LogP contribution in [0.25, 0.3) is 10.9 Å². The van der Waals surface area contributed by atoms with Gasteiger partial charge in [-0.25, -0.2) is 4.98 Å². The molecular weight excluding hydrogens is 372 g/mol. The van der Waals surface area contributed by atoms with Gasteiger partial charge in [0.15, 0.2) is 11.0 Å². The number of rotatable bonds is 5. The number of hydrogen-bond acceptors (Lipinski definition) is 6. The zero-order valence-electron chi connectivity index (χ0n) is 15.9. The lowest BCUT2D eigenvalue weighted by Gasteiger charge is -2.15. The summed E-state index contributed by atoms with van der Waals surface area (Å²) >= 11 is 1.44. The molecule has 0 saturated heterocycles. The van der Waals surface area contributed by atoms with Gasteiger partial charge in [0, 0.05) is 0 Å². The first kappa shape index (κ1) is 18.4. The maximum atomic E-state index is 13.2. The molecule has 0 aliphatic carbocycles. The third kappa shape index (κ3) is 3.71. The predicted octanol–water partition coefficient (Wildman–Crippen LogP) is 4.30. The van der Waals surface area contributed by atoms with E-state index in [4.69, 9.17) is 9.51 Å². The average Bonchev–Trinajstić information content (AvgIpc) is 3.13. The van der Waals surface area contributed by atoms with Crippen molar-refractivity contribution in [1.29, 1.82) is 0 Å². The minimum absolute atomic E-state index is 0.0532. The van der Waals surface area contributed by atoms with E-state index in [0.29, 0.717) is 34.3 Å². The Morgan fingerprint density at radius 1 is 1.07 bits per heavy atom. The molecule has 0 N–H and O–H groups in total. The Bertz CT molecular complexity index is 1180. The van der Waals surface area contributed by atoms with Gasteiger partial charge in [-0.3, -0.25) is 9.36 Å². The summed E-state index contributed by atoms with van der Waals surface area (Å²) in [6.45, 7) is 6.25. The number of para-hydroxylation sites is 1. The smallest absolute Gasteiger partial charge is 0.262 e. The first-order valence-corrected chi connectivity index (χ1v) is 9.91. The molecule has 0 radical (unpaired) electrons. The summed E-state index contributed by atoms with van der Waals surface area (Å²) in [6.07, 6.45) is 0. The van der Waals surface area contributed by atoms with E-state index in [-0.39, 0.29) is 10.8 Å². The molecular formula is C21H20N4O2S. The molecule has 6 nitrogen and oxygen atoms in total. The number of thioether (sulfide) groups is 1. The van der Waals surface area contributed by atoms with Crippen molar-refractivity contribution in [3.05, 3.63) is 81.7 Å². The first-order valence-electron chi connectivity index (χ1n) is 9.03. The summed E-state index contributed by atoms with van der Waals surface area (Å²) in [5.41, 5.74) is 2.86. The fourth-order valence-electron chi connectivity index (χ4n) is 2.94. The van der Waals surface area contributed by atoms with Crippen LogP contribution < -0.4 is 5.56 Å². The first-order chi connectivity index (χ1) is 13.5. The molecule has 4 rings (SSSR count). The van der Waals surface area contributed by atoms with E-state index in [2.05, 4.69) is 10.1 Å². The zero-order valence-corrected chi connectivity index (χ0v) is 16.7. The summed E-state index contributed by atoms with van der Waals surface area (Å²) in [6, 6.07) is 15.6. The molecule has 1 atom stereocenters. The largest absolute Gasteiger partial charge is 0.338 e. The van der Waals surface area contributed by atoms with Crippen molar-refractivity contribution in [2.45, 2.75) is 37.7 Å². The number of hydrogen-bond donors (Lipinski definition) is 0. The molecule has 4 aromatic rings. The van der Waals surface area contributed by atoms with Gasteiger partial charge in [-0.2, -0.15) is 4.98 Å². The normalized spacial score (nSPS) is 12.4. The fourth-order valence-corrected chi connectivity index (χ4v) is 3.88. The van der Waals surface area contributed by atoms with Crippen molar-refractivity contribution >= 4 is 22.7 Å². The Morgan fingerprint density at radius 3 is 2.54 bits per heavy atom. The topological polar surface area (TPSA) is 73.8 Å². The van der Waals surface area contributed by atoms with Crippen LogP contribution >= 0.6 is 11.8 Å². The van der Waals surface area contributed by atoms with Gasteiger partial charge in [-0.15, -0.1) is 0 Å². The molecule has 7 heteroatoms. The molecule has 0 fully saturated rings. The highest BCUT2D eigenvalue weighted by atomic mass is 32.2. The van der Waals surface area contributed by atoms with Crippen LogP contribution in [-0.4, -0.2) is 19.7 Å². The summed E-state index contributed by atoms with van der Waals surface area (Å²) in [4.78, 5) is 22.3. The molecule has 28 heavy (non-hydrogen) atoms. The van der Waals surface area contributed by atoms with Crippen LogP contribution in [0.15, 0.2) is 63.0 Å². The second-order valence-electron chi connectivity index (χ2n) is 6.73. The van der Waals surface area contributed by atoms with Crippen LogP contribution in [0.2, 0.25) is 0 Å². The minimum atomic E-state index is -0.126. The van der Waals surface area contributed by atoms with Gasteiger partial charge in [0.2, 0.25) is 5.89 Å². The minimum Gasteiger partial charge on any atom is -0.338 e. The summed E-state index contributed by atoms with van der Waals surface area (Å²) in [5.74, 6) is 1.11. The van der Waals surface area contributed by atoms with Gasteiger partial charge in [-0.05, 0) is 38.5 Å². The molecule has 2 heterocycles. The summed E-state index contributed by atoms with van der Waals surface area (Å²) in [7, 11) is 0. The van der Waals surface area contributed by atoms with E-state index in [1.807, 2.05) is 62.4 Å². The number of fused-ring (bicyclic) bond motifs is 1. The molecule has 0 amide bonds. The molecule has 0 saturated carbocycles. The molecule has 0 aliphatic heterocycles. The highest BCUT2D eigenvalue weighted by Gasteiger charge is 2.19. The average molecular weight is 392 g/mol. The van der Waals surface area contributed by atoms with Crippen LogP contribution in [-0.2, 0) is 6.54 Å². The molecule has 142 valence electrons. The van der Waals surface area contributed by atoms with Gasteiger partial charge in [-0.1, -0.05) is 58.9 Å². The predicted molar refractivity (Wildman–Crippen MR) is 110 cm³/mol. The maximum Gasteiger partial charge on any atom is 0.262 e. The van der Waals surface area contributed by atoms with E-state index in [0.717, 1.165) is 5.56 Å². The van der Waals surface area contributed by atoms with Crippen molar-refractivity contribution in [2.24, 2.45) is 0 Å². The molecule has 0 aliphatic rings. The van der Waals surface area contributed by atoms with Crippen molar-refractivity contribution in [1.82, 2.24) is 19.7 Å². The van der Waals surface area contributed by atoms with E-state index in [1.165, 1.54) is 17.3 Å². The van der Waals surface area contributed by atoms with Gasteiger partial charge < -0.3 is 4.52 Å². The Morgan fingerprint density at radius 2 is 1.82 bits per heavy atom. The van der Waals surface area contributed by atoms with E-state index < -0.39 is 0 Å². The van der Waals surface area contributed by atoms with E-state index >= 15 is 0 Å². The molecule has 1 unspecified atom stereocenters. The number of aromatic nitrogens is 4. The van der Waals surface area contributed by atoms with Gasteiger partial charge in [0.1, 0.15) is 0 Å². The zero-order chi connectivity index (χ0) is 19.7. The Kier molecular flexibility index (Phi) is 5.00. The standard InChI is InChI=1S/C21H20N4O2S/c1-13-8-10-16(11-9-13)12-25-20(26)17-6-4-5-7-18(17)23-21(25)28-14(2)19-22-15(3)24-27-19/h4-11,14H,12H2,1-3H3. The quantitative estimate of drug-likeness (QED) is 0.372. The Hall–Kier alpha value is -2.93. The second-order valence-corrected chi connectivity index (χ2v) is 8.04. The van der Waals surface area contributed by atoms with Crippen LogP contribution in [0.3, 0.4) is 0 Å². The van der Waals surface area contributed by atoms with E-state index in [9.17, 15) is 4.79 Å². The van der Waals surface area contributed by atoms with E-state index in [1.54, 1.807) is 11.5 Å². The molecule has 2 aromatic heterocycles. The van der Waals surface area contributed by atoms with Gasteiger partial charge >= 0.3 is 0 Å². The van der Waals surface area contributed by atoms with Crippen LogP contribution in [0.5, 0.6) is 0 Å². The monoisotopic (exact) mass is 392 g/mol. The highest BCUT2D eigenvalue weighted by Crippen LogP contribution is 2.33.